The lowest BCUT2D eigenvalue weighted by Gasteiger charge is -2.34. The van der Waals surface area contributed by atoms with Crippen molar-refractivity contribution in [3.63, 3.8) is 0 Å². The second kappa shape index (κ2) is 8.84. The molecule has 0 aliphatic rings. The third-order valence-corrected chi connectivity index (χ3v) is 7.44. The van der Waals surface area contributed by atoms with Crippen molar-refractivity contribution in [3.8, 4) is 0 Å². The number of rotatable bonds is 9. The van der Waals surface area contributed by atoms with E-state index in [1.54, 1.807) is 0 Å². The highest BCUT2D eigenvalue weighted by Crippen LogP contribution is 2.34. The topological polar surface area (TPSA) is 130 Å². The predicted octanol–water partition coefficient (Wildman–Crippen LogP) is 1.80. The van der Waals surface area contributed by atoms with Gasteiger partial charge in [-0.15, -0.1) is 3.63 Å². The molecule has 0 spiro atoms. The SMILES string of the molecule is CCCS(=O)(=O)OS(=O)(=O)CC(N)(N)[C@@H](c1cccc(F)c1)c1ccccc1F. The number of hydrogen-bond donors (Lipinski definition) is 2. The van der Waals surface area contributed by atoms with Crippen molar-refractivity contribution >= 4 is 20.2 Å². The van der Waals surface area contributed by atoms with Crippen LogP contribution in [0.2, 0.25) is 0 Å². The van der Waals surface area contributed by atoms with Crippen LogP contribution in [0.4, 0.5) is 8.78 Å². The van der Waals surface area contributed by atoms with Crippen LogP contribution in [0.1, 0.15) is 30.4 Å². The minimum Gasteiger partial charge on any atom is -0.312 e. The van der Waals surface area contributed by atoms with Gasteiger partial charge in [0, 0.05) is 5.92 Å². The molecule has 0 aliphatic carbocycles. The van der Waals surface area contributed by atoms with Crippen LogP contribution >= 0.6 is 0 Å². The molecule has 0 heterocycles. The fraction of sp³-hybridized carbons (Fsp3) is 0.333. The van der Waals surface area contributed by atoms with Crippen molar-refractivity contribution in [3.05, 3.63) is 71.3 Å². The minimum absolute atomic E-state index is 0.0743. The normalized spacial score (nSPS) is 14.0. The Bertz CT molecular complexity index is 1070. The van der Waals surface area contributed by atoms with Gasteiger partial charge >= 0.3 is 0 Å². The Labute approximate surface area is 168 Å². The molecule has 0 saturated heterocycles. The summed E-state index contributed by atoms with van der Waals surface area (Å²) >= 11 is 0. The van der Waals surface area contributed by atoms with E-state index in [-0.39, 0.29) is 17.5 Å². The van der Waals surface area contributed by atoms with Gasteiger partial charge in [-0.25, -0.2) is 8.78 Å². The summed E-state index contributed by atoms with van der Waals surface area (Å²) in [4.78, 5) is 0. The first-order chi connectivity index (χ1) is 13.4. The Morgan fingerprint density at radius 2 is 1.66 bits per heavy atom. The monoisotopic (exact) mass is 448 g/mol. The van der Waals surface area contributed by atoms with Gasteiger partial charge in [0.1, 0.15) is 17.4 Å². The summed E-state index contributed by atoms with van der Waals surface area (Å²) in [5.41, 5.74) is 9.93. The van der Waals surface area contributed by atoms with Crippen LogP contribution in [0.3, 0.4) is 0 Å². The molecule has 7 nitrogen and oxygen atoms in total. The third-order valence-electron chi connectivity index (χ3n) is 4.02. The Balaban J connectivity index is 2.51. The molecule has 0 unspecified atom stereocenters. The zero-order valence-corrected chi connectivity index (χ0v) is 17.2. The van der Waals surface area contributed by atoms with Crippen molar-refractivity contribution in [2.75, 3.05) is 11.5 Å². The van der Waals surface area contributed by atoms with Crippen LogP contribution in [0.25, 0.3) is 0 Å². The van der Waals surface area contributed by atoms with Crippen LogP contribution < -0.4 is 11.5 Å². The largest absolute Gasteiger partial charge is 0.312 e. The summed E-state index contributed by atoms with van der Waals surface area (Å²) in [7, 11) is -9.12. The fourth-order valence-electron chi connectivity index (χ4n) is 3.03. The molecule has 2 aromatic carbocycles. The maximum atomic E-state index is 14.5. The summed E-state index contributed by atoms with van der Waals surface area (Å²) in [6.45, 7) is 1.53. The van der Waals surface area contributed by atoms with Gasteiger partial charge in [0.25, 0.3) is 20.2 Å². The first-order valence-electron chi connectivity index (χ1n) is 8.61. The molecular formula is C18H22F2N2O5S2. The number of hydrogen-bond acceptors (Lipinski definition) is 7. The average Bonchev–Trinajstić information content (AvgIpc) is 2.54. The molecule has 11 heteroatoms. The number of nitrogens with two attached hydrogens (primary N) is 2. The van der Waals surface area contributed by atoms with Crippen LogP contribution in [0.15, 0.2) is 48.5 Å². The molecule has 0 fully saturated rings. The fourth-order valence-corrected chi connectivity index (χ4v) is 6.04. The van der Waals surface area contributed by atoms with Crippen molar-refractivity contribution in [2.45, 2.75) is 24.9 Å². The Hall–Kier alpha value is -1.92. The predicted molar refractivity (Wildman–Crippen MR) is 105 cm³/mol. The van der Waals surface area contributed by atoms with E-state index in [2.05, 4.69) is 3.63 Å². The minimum atomic E-state index is -4.76. The van der Waals surface area contributed by atoms with Crippen molar-refractivity contribution < 1.29 is 29.2 Å². The first-order valence-corrected chi connectivity index (χ1v) is 11.8. The van der Waals surface area contributed by atoms with E-state index in [1.165, 1.54) is 37.3 Å². The average molecular weight is 449 g/mol. The van der Waals surface area contributed by atoms with Crippen LogP contribution in [0, 0.1) is 11.6 Å². The lowest BCUT2D eigenvalue weighted by atomic mass is 9.82. The van der Waals surface area contributed by atoms with Crippen LogP contribution in [-0.4, -0.2) is 34.0 Å². The van der Waals surface area contributed by atoms with Crippen LogP contribution in [-0.2, 0) is 23.9 Å². The Morgan fingerprint density at radius 1 is 1.00 bits per heavy atom. The number of halogens is 2. The Morgan fingerprint density at radius 3 is 2.24 bits per heavy atom. The molecule has 0 radical (unpaired) electrons. The molecule has 1 atom stereocenters. The molecular weight excluding hydrogens is 426 g/mol. The summed E-state index contributed by atoms with van der Waals surface area (Å²) < 4.78 is 80.7. The maximum absolute atomic E-state index is 14.5. The third kappa shape index (κ3) is 6.28. The highest BCUT2D eigenvalue weighted by atomic mass is 32.3. The van der Waals surface area contributed by atoms with Gasteiger partial charge in [-0.05, 0) is 35.7 Å². The maximum Gasteiger partial charge on any atom is 0.285 e. The van der Waals surface area contributed by atoms with E-state index in [4.69, 9.17) is 11.5 Å². The van der Waals surface area contributed by atoms with Gasteiger partial charge in [0.05, 0.1) is 11.4 Å². The summed E-state index contributed by atoms with van der Waals surface area (Å²) in [5.74, 6) is -4.39. The zero-order chi connectivity index (χ0) is 21.9. The van der Waals surface area contributed by atoms with E-state index in [0.717, 1.165) is 18.2 Å². The van der Waals surface area contributed by atoms with Gasteiger partial charge in [-0.3, -0.25) is 0 Å². The highest BCUT2D eigenvalue weighted by Gasteiger charge is 2.41. The smallest absolute Gasteiger partial charge is 0.285 e. The highest BCUT2D eigenvalue weighted by molar-refractivity contribution is 7.99. The van der Waals surface area contributed by atoms with Crippen molar-refractivity contribution in [2.24, 2.45) is 11.5 Å². The first kappa shape index (κ1) is 23.4. The van der Waals surface area contributed by atoms with Gasteiger partial charge in [-0.1, -0.05) is 37.3 Å². The summed E-state index contributed by atoms with van der Waals surface area (Å²) in [5, 5.41) is 0. The standard InChI is InChI=1S/C18H22F2N2O5S2/c1-2-10-28(23,24)27-29(25,26)12-18(21,22)17(13-6-5-7-14(19)11-13)15-8-3-4-9-16(15)20/h3-9,11,17H,2,10,12,21-22H2,1H3/t17-/m0/s1. The quantitative estimate of drug-likeness (QED) is 0.560. The summed E-state index contributed by atoms with van der Waals surface area (Å²) in [6.07, 6.45) is 0.134. The molecule has 0 amide bonds. The molecule has 29 heavy (non-hydrogen) atoms. The number of benzene rings is 2. The molecule has 160 valence electrons. The molecule has 0 aliphatic heterocycles. The molecule has 2 aromatic rings. The summed E-state index contributed by atoms with van der Waals surface area (Å²) in [6, 6.07) is 10.3. The molecule has 4 N–H and O–H groups in total. The molecule has 0 aromatic heterocycles. The second-order valence-corrected chi connectivity index (χ2v) is 10.1. The van der Waals surface area contributed by atoms with Gasteiger partial charge < -0.3 is 11.5 Å². The lowest BCUT2D eigenvalue weighted by molar-refractivity contribution is 0.397. The van der Waals surface area contributed by atoms with Gasteiger partial charge in [0.15, 0.2) is 0 Å². The van der Waals surface area contributed by atoms with E-state index < -0.39 is 55.0 Å². The van der Waals surface area contributed by atoms with E-state index in [0.29, 0.717) is 0 Å². The lowest BCUT2D eigenvalue weighted by Crippen LogP contribution is -2.59. The van der Waals surface area contributed by atoms with Gasteiger partial charge in [-0.2, -0.15) is 16.8 Å². The van der Waals surface area contributed by atoms with Crippen LogP contribution in [0.5, 0.6) is 0 Å². The zero-order valence-electron chi connectivity index (χ0n) is 15.6. The van der Waals surface area contributed by atoms with E-state index in [1.807, 2.05) is 0 Å². The molecule has 2 rings (SSSR count). The van der Waals surface area contributed by atoms with Crippen molar-refractivity contribution in [1.29, 1.82) is 0 Å². The molecule has 0 bridgehead atoms. The Kier molecular flexibility index (Phi) is 7.12. The second-order valence-electron chi connectivity index (χ2n) is 6.65. The van der Waals surface area contributed by atoms with Gasteiger partial charge in [0.2, 0.25) is 0 Å². The van der Waals surface area contributed by atoms with E-state index in [9.17, 15) is 25.6 Å². The van der Waals surface area contributed by atoms with E-state index >= 15 is 0 Å². The van der Waals surface area contributed by atoms with Crippen molar-refractivity contribution in [1.82, 2.24) is 0 Å². The molecule has 0 saturated carbocycles.